The molecule has 2 saturated heterocycles. The van der Waals surface area contributed by atoms with Gasteiger partial charge in [-0.25, -0.2) is 0 Å². The van der Waals surface area contributed by atoms with Gasteiger partial charge in [-0.2, -0.15) is 0 Å². The number of piperidine rings is 1. The van der Waals surface area contributed by atoms with E-state index in [9.17, 15) is 9.59 Å². The molecule has 4 rings (SSSR count). The van der Waals surface area contributed by atoms with Gasteiger partial charge in [-0.05, 0) is 61.4 Å². The quantitative estimate of drug-likeness (QED) is 0.663. The van der Waals surface area contributed by atoms with Crippen molar-refractivity contribution in [3.05, 3.63) is 59.7 Å². The molecule has 6 heteroatoms. The van der Waals surface area contributed by atoms with Crippen LogP contribution in [0.5, 0.6) is 11.5 Å². The molecule has 0 radical (unpaired) electrons. The lowest BCUT2D eigenvalue weighted by atomic mass is 9.97. The molecule has 2 fully saturated rings. The topological polar surface area (TPSA) is 59.1 Å². The Morgan fingerprint density at radius 3 is 2.28 bits per heavy atom. The number of rotatable bonds is 7. The largest absolute Gasteiger partial charge is 0.497 e. The first-order chi connectivity index (χ1) is 15.6. The number of benzene rings is 2. The summed E-state index contributed by atoms with van der Waals surface area (Å²) in [7, 11) is 1.64. The van der Waals surface area contributed by atoms with Crippen LogP contribution in [-0.2, 0) is 11.2 Å². The van der Waals surface area contributed by atoms with E-state index in [1.807, 2.05) is 58.3 Å². The van der Waals surface area contributed by atoms with Gasteiger partial charge in [0.15, 0.2) is 0 Å². The second kappa shape index (κ2) is 10.5. The highest BCUT2D eigenvalue weighted by atomic mass is 16.5. The van der Waals surface area contributed by atoms with Gasteiger partial charge in [-0.15, -0.1) is 0 Å². The lowest BCUT2D eigenvalue weighted by Gasteiger charge is -2.32. The molecule has 2 aliphatic rings. The molecule has 0 N–H and O–H groups in total. The van der Waals surface area contributed by atoms with Crippen molar-refractivity contribution in [1.29, 1.82) is 0 Å². The van der Waals surface area contributed by atoms with Gasteiger partial charge in [-0.3, -0.25) is 9.59 Å². The Kier molecular flexibility index (Phi) is 7.30. The number of carbonyl (C=O) groups excluding carboxylic acids is 2. The summed E-state index contributed by atoms with van der Waals surface area (Å²) in [4.78, 5) is 29.4. The highest BCUT2D eigenvalue weighted by Crippen LogP contribution is 2.25. The van der Waals surface area contributed by atoms with E-state index in [4.69, 9.17) is 9.47 Å². The van der Waals surface area contributed by atoms with Crippen molar-refractivity contribution in [2.24, 2.45) is 5.92 Å². The van der Waals surface area contributed by atoms with Crippen LogP contribution < -0.4 is 9.47 Å². The Morgan fingerprint density at radius 2 is 1.59 bits per heavy atom. The summed E-state index contributed by atoms with van der Waals surface area (Å²) >= 11 is 0. The van der Waals surface area contributed by atoms with E-state index in [1.165, 1.54) is 0 Å². The fourth-order valence-electron chi connectivity index (χ4n) is 4.45. The van der Waals surface area contributed by atoms with Gasteiger partial charge in [0.1, 0.15) is 11.5 Å². The van der Waals surface area contributed by atoms with E-state index in [0.717, 1.165) is 63.2 Å². The molecule has 2 heterocycles. The third-order valence-corrected chi connectivity index (χ3v) is 6.47. The first kappa shape index (κ1) is 22.2. The third kappa shape index (κ3) is 5.42. The van der Waals surface area contributed by atoms with E-state index in [1.54, 1.807) is 7.11 Å². The maximum Gasteiger partial charge on any atom is 0.257 e. The van der Waals surface area contributed by atoms with E-state index < -0.39 is 0 Å². The highest BCUT2D eigenvalue weighted by Gasteiger charge is 2.25. The summed E-state index contributed by atoms with van der Waals surface area (Å²) < 4.78 is 11.3. The molecule has 0 aliphatic carbocycles. The first-order valence-corrected chi connectivity index (χ1v) is 11.6. The molecule has 2 aliphatic heterocycles. The minimum atomic E-state index is 0.0667. The zero-order valence-corrected chi connectivity index (χ0v) is 18.8. The maximum absolute atomic E-state index is 12.8. The third-order valence-electron chi connectivity index (χ3n) is 6.47. The smallest absolute Gasteiger partial charge is 0.257 e. The molecule has 0 unspecified atom stereocenters. The van der Waals surface area contributed by atoms with Gasteiger partial charge in [0.2, 0.25) is 5.91 Å². The van der Waals surface area contributed by atoms with Gasteiger partial charge in [-0.1, -0.05) is 24.3 Å². The molecule has 2 aromatic carbocycles. The Balaban J connectivity index is 1.25. The summed E-state index contributed by atoms with van der Waals surface area (Å²) in [6.45, 7) is 3.73. The second-order valence-corrected chi connectivity index (χ2v) is 8.66. The average molecular weight is 437 g/mol. The van der Waals surface area contributed by atoms with Crippen molar-refractivity contribution < 1.29 is 19.1 Å². The fraction of sp³-hybridized carbons (Fsp3) is 0.462. The SMILES string of the molecule is COc1ccc(CC(=O)N2CCC(COc3ccccc3C(=O)N3CCCC3)CC2)cc1. The normalized spacial score (nSPS) is 16.8. The molecular weight excluding hydrogens is 404 g/mol. The number of hydrogen-bond donors (Lipinski definition) is 0. The number of amides is 2. The molecule has 2 amide bonds. The first-order valence-electron chi connectivity index (χ1n) is 11.6. The highest BCUT2D eigenvalue weighted by molar-refractivity contribution is 5.97. The summed E-state index contributed by atoms with van der Waals surface area (Å²) in [6.07, 6.45) is 4.39. The molecule has 32 heavy (non-hydrogen) atoms. The average Bonchev–Trinajstić information content (AvgIpc) is 3.38. The lowest BCUT2D eigenvalue weighted by Crippen LogP contribution is -2.40. The van der Waals surface area contributed by atoms with E-state index in [2.05, 4.69) is 0 Å². The Labute approximate surface area is 190 Å². The molecule has 0 atom stereocenters. The summed E-state index contributed by atoms with van der Waals surface area (Å²) in [5.41, 5.74) is 1.65. The molecule has 0 aromatic heterocycles. The molecule has 0 saturated carbocycles. The number of ether oxygens (including phenoxy) is 2. The fourth-order valence-corrected chi connectivity index (χ4v) is 4.45. The molecule has 6 nitrogen and oxygen atoms in total. The van der Waals surface area contributed by atoms with Crippen LogP contribution in [0.25, 0.3) is 0 Å². The zero-order chi connectivity index (χ0) is 22.3. The van der Waals surface area contributed by atoms with Gasteiger partial charge in [0, 0.05) is 26.2 Å². The van der Waals surface area contributed by atoms with Gasteiger partial charge in [0.25, 0.3) is 5.91 Å². The van der Waals surface area contributed by atoms with E-state index >= 15 is 0 Å². The van der Waals surface area contributed by atoms with Crippen molar-refractivity contribution in [1.82, 2.24) is 9.80 Å². The predicted octanol–water partition coefficient (Wildman–Crippen LogP) is 3.79. The van der Waals surface area contributed by atoms with Crippen molar-refractivity contribution in [3.8, 4) is 11.5 Å². The van der Waals surface area contributed by atoms with Gasteiger partial charge < -0.3 is 19.3 Å². The van der Waals surface area contributed by atoms with Crippen LogP contribution in [-0.4, -0.2) is 61.5 Å². The lowest BCUT2D eigenvalue weighted by molar-refractivity contribution is -0.132. The standard InChI is InChI=1S/C26H32N2O4/c1-31-22-10-8-20(9-11-22)18-25(29)27-16-12-21(13-17-27)19-32-24-7-3-2-6-23(24)26(30)28-14-4-5-15-28/h2-3,6-11,21H,4-5,12-19H2,1H3. The molecular formula is C26H32N2O4. The van der Waals surface area contributed by atoms with E-state index in [0.29, 0.717) is 30.3 Å². The van der Waals surface area contributed by atoms with E-state index in [-0.39, 0.29) is 11.8 Å². The summed E-state index contributed by atoms with van der Waals surface area (Å²) in [5, 5.41) is 0. The van der Waals surface area contributed by atoms with Gasteiger partial charge in [0.05, 0.1) is 25.7 Å². The van der Waals surface area contributed by atoms with Crippen LogP contribution in [0.2, 0.25) is 0 Å². The summed E-state index contributed by atoms with van der Waals surface area (Å²) in [6, 6.07) is 15.2. The van der Waals surface area contributed by atoms with Crippen molar-refractivity contribution in [2.45, 2.75) is 32.1 Å². The van der Waals surface area contributed by atoms with Crippen molar-refractivity contribution in [2.75, 3.05) is 39.9 Å². The number of hydrogen-bond acceptors (Lipinski definition) is 4. The Morgan fingerprint density at radius 1 is 0.906 bits per heavy atom. The Bertz CT molecular complexity index is 914. The molecule has 0 bridgehead atoms. The molecule has 170 valence electrons. The van der Waals surface area contributed by atoms with Crippen molar-refractivity contribution >= 4 is 11.8 Å². The van der Waals surface area contributed by atoms with Gasteiger partial charge >= 0.3 is 0 Å². The minimum absolute atomic E-state index is 0.0667. The number of nitrogens with zero attached hydrogens (tertiary/aromatic N) is 2. The second-order valence-electron chi connectivity index (χ2n) is 8.66. The summed E-state index contributed by atoms with van der Waals surface area (Å²) in [5.74, 6) is 2.08. The van der Waals surface area contributed by atoms with Crippen LogP contribution in [0.3, 0.4) is 0 Å². The zero-order valence-electron chi connectivity index (χ0n) is 18.8. The minimum Gasteiger partial charge on any atom is -0.497 e. The molecule has 2 aromatic rings. The van der Waals surface area contributed by atoms with Crippen LogP contribution in [0.4, 0.5) is 0 Å². The van der Waals surface area contributed by atoms with Crippen LogP contribution in [0, 0.1) is 5.92 Å². The molecule has 0 spiro atoms. The van der Waals surface area contributed by atoms with Crippen LogP contribution in [0.15, 0.2) is 48.5 Å². The maximum atomic E-state index is 12.8. The number of likely N-dealkylation sites (tertiary alicyclic amines) is 2. The number of para-hydroxylation sites is 1. The number of carbonyl (C=O) groups is 2. The monoisotopic (exact) mass is 436 g/mol. The number of methoxy groups -OCH3 is 1. The van der Waals surface area contributed by atoms with Crippen LogP contribution >= 0.6 is 0 Å². The Hall–Kier alpha value is -3.02. The van der Waals surface area contributed by atoms with Crippen molar-refractivity contribution in [3.63, 3.8) is 0 Å². The van der Waals surface area contributed by atoms with Crippen LogP contribution in [0.1, 0.15) is 41.6 Å². The predicted molar refractivity (Wildman–Crippen MR) is 123 cm³/mol.